The van der Waals surface area contributed by atoms with Gasteiger partial charge in [0.1, 0.15) is 23.7 Å². The van der Waals surface area contributed by atoms with Crippen molar-refractivity contribution in [2.24, 2.45) is 5.92 Å². The fraction of sp³-hybridized carbons (Fsp3) is 0.346. The van der Waals surface area contributed by atoms with Crippen molar-refractivity contribution in [3.63, 3.8) is 0 Å². The Labute approximate surface area is 209 Å². The zero-order valence-corrected chi connectivity index (χ0v) is 20.6. The maximum absolute atomic E-state index is 13.6. The minimum Gasteiger partial charge on any atom is -0.491 e. The van der Waals surface area contributed by atoms with Crippen molar-refractivity contribution in [2.45, 2.75) is 25.7 Å². The molecule has 0 radical (unpaired) electrons. The van der Waals surface area contributed by atoms with Crippen LogP contribution in [0.1, 0.15) is 25.7 Å². The number of nitrogens with zero attached hydrogens (tertiary/aromatic N) is 3. The van der Waals surface area contributed by atoms with Gasteiger partial charge in [-0.2, -0.15) is 0 Å². The summed E-state index contributed by atoms with van der Waals surface area (Å²) in [4.78, 5) is 23.3. The molecule has 1 aliphatic carbocycles. The lowest BCUT2D eigenvalue weighted by Gasteiger charge is -2.17. The molecule has 184 valence electrons. The molecule has 0 spiro atoms. The van der Waals surface area contributed by atoms with Crippen LogP contribution in [0.25, 0.3) is 10.9 Å². The smallest absolute Gasteiger partial charge is 0.248 e. The normalized spacial score (nSPS) is 14.2. The number of anilines is 3. The number of halogens is 2. The lowest BCUT2D eigenvalue weighted by Crippen LogP contribution is -2.14. The number of amides is 1. The van der Waals surface area contributed by atoms with Gasteiger partial charge >= 0.3 is 0 Å². The third-order valence-corrected chi connectivity index (χ3v) is 6.16. The van der Waals surface area contributed by atoms with Crippen LogP contribution in [0.5, 0.6) is 5.75 Å². The second-order valence-corrected chi connectivity index (χ2v) is 9.36. The van der Waals surface area contributed by atoms with Gasteiger partial charge in [-0.05, 0) is 57.1 Å². The van der Waals surface area contributed by atoms with Gasteiger partial charge in [0.25, 0.3) is 0 Å². The average Bonchev–Trinajstić information content (AvgIpc) is 3.34. The third-order valence-electron chi connectivity index (χ3n) is 5.87. The number of nitrogens with one attached hydrogen (secondary N) is 2. The van der Waals surface area contributed by atoms with Crippen LogP contribution < -0.4 is 15.4 Å². The van der Waals surface area contributed by atoms with E-state index in [-0.39, 0.29) is 10.9 Å². The van der Waals surface area contributed by atoms with Gasteiger partial charge in [0, 0.05) is 29.8 Å². The summed E-state index contributed by atoms with van der Waals surface area (Å²) >= 11 is 5.93. The highest BCUT2D eigenvalue weighted by Crippen LogP contribution is 2.35. The van der Waals surface area contributed by atoms with Crippen molar-refractivity contribution >= 4 is 45.6 Å². The van der Waals surface area contributed by atoms with E-state index in [1.54, 1.807) is 18.2 Å². The maximum atomic E-state index is 13.6. The molecule has 35 heavy (non-hydrogen) atoms. The Bertz CT molecular complexity index is 1230. The van der Waals surface area contributed by atoms with Crippen molar-refractivity contribution in [1.82, 2.24) is 14.9 Å². The topological polar surface area (TPSA) is 79.4 Å². The van der Waals surface area contributed by atoms with E-state index in [0.717, 1.165) is 12.8 Å². The predicted molar refractivity (Wildman–Crippen MR) is 138 cm³/mol. The molecule has 1 heterocycles. The van der Waals surface area contributed by atoms with Crippen LogP contribution in [-0.2, 0) is 4.79 Å². The predicted octanol–water partition coefficient (Wildman–Crippen LogP) is 5.79. The first-order valence-corrected chi connectivity index (χ1v) is 12.0. The molecule has 0 aliphatic heterocycles. The highest BCUT2D eigenvalue weighted by molar-refractivity contribution is 6.31. The van der Waals surface area contributed by atoms with Gasteiger partial charge in [-0.3, -0.25) is 4.79 Å². The van der Waals surface area contributed by atoms with Crippen LogP contribution in [0.3, 0.4) is 0 Å². The van der Waals surface area contributed by atoms with Gasteiger partial charge in [-0.1, -0.05) is 30.5 Å². The van der Waals surface area contributed by atoms with Crippen LogP contribution in [0, 0.1) is 11.7 Å². The summed E-state index contributed by atoms with van der Waals surface area (Å²) in [6.45, 7) is 1.24. The van der Waals surface area contributed by atoms with E-state index in [4.69, 9.17) is 16.3 Å². The summed E-state index contributed by atoms with van der Waals surface area (Å²) in [6.07, 6.45) is 9.50. The van der Waals surface area contributed by atoms with Crippen molar-refractivity contribution in [3.05, 3.63) is 59.7 Å². The van der Waals surface area contributed by atoms with Gasteiger partial charge in [-0.25, -0.2) is 14.4 Å². The molecule has 7 nitrogen and oxygen atoms in total. The van der Waals surface area contributed by atoms with Crippen LogP contribution in [0.15, 0.2) is 48.8 Å². The van der Waals surface area contributed by atoms with Gasteiger partial charge in [-0.15, -0.1) is 0 Å². The Morgan fingerprint density at radius 2 is 2.03 bits per heavy atom. The van der Waals surface area contributed by atoms with Gasteiger partial charge in [0.15, 0.2) is 0 Å². The van der Waals surface area contributed by atoms with Gasteiger partial charge < -0.3 is 20.3 Å². The molecule has 3 aromatic rings. The highest BCUT2D eigenvalue weighted by atomic mass is 35.5. The van der Waals surface area contributed by atoms with E-state index >= 15 is 0 Å². The Balaban J connectivity index is 1.65. The van der Waals surface area contributed by atoms with Crippen molar-refractivity contribution in [1.29, 1.82) is 0 Å². The van der Waals surface area contributed by atoms with E-state index in [2.05, 4.69) is 20.6 Å². The van der Waals surface area contributed by atoms with Crippen LogP contribution in [-0.4, -0.2) is 48.0 Å². The minimum atomic E-state index is -0.499. The fourth-order valence-corrected chi connectivity index (χ4v) is 4.22. The molecule has 1 amide bonds. The Hall–Kier alpha value is -3.23. The SMILES string of the molecule is CN(C)C/C=C/C(=O)Nc1cc2c(Nc3ccc(F)c(Cl)c3)ncnc2cc1OCC1CCCC1. The number of rotatable bonds is 9. The molecule has 9 heteroatoms. The number of carbonyl (C=O) groups is 1. The second-order valence-electron chi connectivity index (χ2n) is 8.96. The molecule has 0 unspecified atom stereocenters. The number of ether oxygens (including phenoxy) is 1. The monoisotopic (exact) mass is 497 g/mol. The number of aromatic nitrogens is 2. The summed E-state index contributed by atoms with van der Waals surface area (Å²) in [5, 5.41) is 6.78. The molecular formula is C26H29ClFN5O2. The van der Waals surface area contributed by atoms with Crippen molar-refractivity contribution in [2.75, 3.05) is 37.9 Å². The van der Waals surface area contributed by atoms with Crippen molar-refractivity contribution < 1.29 is 13.9 Å². The quantitative estimate of drug-likeness (QED) is 0.364. The standard InChI is InChI=1S/C26H29ClFN5O2/c1-33(2)11-5-8-25(34)32-23-13-19-22(14-24(23)35-15-17-6-3-4-7-17)29-16-30-26(19)31-18-9-10-21(28)20(27)12-18/h5,8-10,12-14,16-17H,3-4,6-7,11,15H2,1-2H3,(H,32,34)(H,29,30,31)/b8-5+. The molecule has 1 aromatic heterocycles. The average molecular weight is 498 g/mol. The number of benzene rings is 2. The molecule has 1 fully saturated rings. The summed E-state index contributed by atoms with van der Waals surface area (Å²) in [5.74, 6) is 0.821. The first-order chi connectivity index (χ1) is 16.9. The first-order valence-electron chi connectivity index (χ1n) is 11.6. The van der Waals surface area contributed by atoms with E-state index in [9.17, 15) is 9.18 Å². The molecule has 0 saturated heterocycles. The molecule has 2 aromatic carbocycles. The molecular weight excluding hydrogens is 469 g/mol. The van der Waals surface area contributed by atoms with E-state index < -0.39 is 5.82 Å². The summed E-state index contributed by atoms with van der Waals surface area (Å²) in [6, 6.07) is 7.96. The number of hydrogen-bond acceptors (Lipinski definition) is 6. The number of likely N-dealkylation sites (N-methyl/N-ethyl adjacent to an activating group) is 1. The zero-order valence-electron chi connectivity index (χ0n) is 19.9. The number of carbonyl (C=O) groups excluding carboxylic acids is 1. The Morgan fingerprint density at radius 1 is 1.23 bits per heavy atom. The summed E-state index contributed by atoms with van der Waals surface area (Å²) < 4.78 is 19.8. The van der Waals surface area contributed by atoms with E-state index in [1.807, 2.05) is 25.1 Å². The largest absolute Gasteiger partial charge is 0.491 e. The Kier molecular flexibility index (Phi) is 8.15. The second kappa shape index (κ2) is 11.5. The Morgan fingerprint density at radius 3 is 2.77 bits per heavy atom. The lowest BCUT2D eigenvalue weighted by molar-refractivity contribution is -0.111. The maximum Gasteiger partial charge on any atom is 0.248 e. The molecule has 2 N–H and O–H groups in total. The number of hydrogen-bond donors (Lipinski definition) is 2. The molecule has 0 bridgehead atoms. The van der Waals surface area contributed by atoms with E-state index in [1.165, 1.54) is 37.4 Å². The summed E-state index contributed by atoms with van der Waals surface area (Å²) in [7, 11) is 3.87. The highest BCUT2D eigenvalue weighted by Gasteiger charge is 2.18. The van der Waals surface area contributed by atoms with Gasteiger partial charge in [0.2, 0.25) is 5.91 Å². The lowest BCUT2D eigenvalue weighted by atomic mass is 10.1. The van der Waals surface area contributed by atoms with Crippen LogP contribution in [0.4, 0.5) is 21.6 Å². The third kappa shape index (κ3) is 6.68. The first kappa shape index (κ1) is 24.9. The minimum absolute atomic E-state index is 0.00780. The molecule has 1 aliphatic rings. The fourth-order valence-electron chi connectivity index (χ4n) is 4.04. The van der Waals surface area contributed by atoms with Gasteiger partial charge in [0.05, 0.1) is 22.8 Å². The van der Waals surface area contributed by atoms with Crippen LogP contribution in [0.2, 0.25) is 5.02 Å². The number of fused-ring (bicyclic) bond motifs is 1. The summed E-state index contributed by atoms with van der Waals surface area (Å²) in [5.41, 5.74) is 1.76. The molecule has 4 rings (SSSR count). The molecule has 1 saturated carbocycles. The van der Waals surface area contributed by atoms with Crippen LogP contribution >= 0.6 is 11.6 Å². The van der Waals surface area contributed by atoms with Crippen molar-refractivity contribution in [3.8, 4) is 5.75 Å². The molecule has 0 atom stereocenters. The van der Waals surface area contributed by atoms with E-state index in [0.29, 0.717) is 52.9 Å². The zero-order chi connectivity index (χ0) is 24.8.